The molecule has 0 aliphatic rings. The molecule has 0 radical (unpaired) electrons. The fourth-order valence-corrected chi connectivity index (χ4v) is 1.07. The van der Waals surface area contributed by atoms with E-state index in [-0.39, 0.29) is 12.5 Å². The molecular formula is C9H18N2O3. The Kier molecular flexibility index (Phi) is 6.74. The van der Waals surface area contributed by atoms with E-state index in [0.717, 1.165) is 12.8 Å². The summed E-state index contributed by atoms with van der Waals surface area (Å²) in [4.78, 5) is 21.8. The average molecular weight is 202 g/mol. The fraction of sp³-hybridized carbons (Fsp3) is 0.778. The van der Waals surface area contributed by atoms with Gasteiger partial charge in [-0.2, -0.15) is 0 Å². The highest BCUT2D eigenvalue weighted by Crippen LogP contribution is 2.00. The number of rotatable bonds is 7. The van der Waals surface area contributed by atoms with Crippen LogP contribution in [0, 0.1) is 0 Å². The van der Waals surface area contributed by atoms with Crippen molar-refractivity contribution in [2.75, 3.05) is 13.6 Å². The molecule has 0 saturated carbocycles. The predicted octanol–water partition coefficient (Wildman–Crippen LogP) is -0.0346. The molecule has 0 aromatic heterocycles. The first kappa shape index (κ1) is 12.9. The molecule has 0 fully saturated rings. The van der Waals surface area contributed by atoms with Gasteiger partial charge in [0.05, 0.1) is 6.54 Å². The molecule has 1 atom stereocenters. The number of amides is 1. The topological polar surface area (TPSA) is 78.4 Å². The molecule has 1 amide bonds. The average Bonchev–Trinajstić information content (AvgIpc) is 2.12. The highest BCUT2D eigenvalue weighted by molar-refractivity contribution is 5.84. The normalized spacial score (nSPS) is 12.1. The van der Waals surface area contributed by atoms with Crippen molar-refractivity contribution < 1.29 is 14.7 Å². The summed E-state index contributed by atoms with van der Waals surface area (Å²) >= 11 is 0. The Morgan fingerprint density at radius 2 is 2.07 bits per heavy atom. The summed E-state index contributed by atoms with van der Waals surface area (Å²) in [6.45, 7) is 2.13. The molecule has 0 heterocycles. The third kappa shape index (κ3) is 5.53. The maximum atomic E-state index is 11.1. The molecular weight excluding hydrogens is 184 g/mol. The van der Waals surface area contributed by atoms with Crippen molar-refractivity contribution in [1.29, 1.82) is 0 Å². The van der Waals surface area contributed by atoms with Crippen LogP contribution < -0.4 is 10.6 Å². The van der Waals surface area contributed by atoms with Gasteiger partial charge in [-0.15, -0.1) is 0 Å². The van der Waals surface area contributed by atoms with E-state index in [4.69, 9.17) is 5.11 Å². The van der Waals surface area contributed by atoms with Crippen molar-refractivity contribution in [1.82, 2.24) is 10.6 Å². The first-order valence-electron chi connectivity index (χ1n) is 4.78. The van der Waals surface area contributed by atoms with Crippen LogP contribution in [0.15, 0.2) is 0 Å². The Morgan fingerprint density at radius 3 is 2.50 bits per heavy atom. The van der Waals surface area contributed by atoms with E-state index in [0.29, 0.717) is 6.42 Å². The van der Waals surface area contributed by atoms with Crippen molar-refractivity contribution in [3.05, 3.63) is 0 Å². The number of likely N-dealkylation sites (N-methyl/N-ethyl adjacent to an activating group) is 1. The summed E-state index contributed by atoms with van der Waals surface area (Å²) in [5, 5.41) is 13.9. The fourth-order valence-electron chi connectivity index (χ4n) is 1.07. The highest BCUT2D eigenvalue weighted by Gasteiger charge is 2.18. The summed E-state index contributed by atoms with van der Waals surface area (Å²) in [5.41, 5.74) is 0. The monoisotopic (exact) mass is 202 g/mol. The highest BCUT2D eigenvalue weighted by atomic mass is 16.4. The van der Waals surface area contributed by atoms with E-state index in [2.05, 4.69) is 10.6 Å². The van der Waals surface area contributed by atoms with Crippen molar-refractivity contribution in [2.24, 2.45) is 0 Å². The quantitative estimate of drug-likeness (QED) is 0.541. The summed E-state index contributed by atoms with van der Waals surface area (Å²) < 4.78 is 0. The minimum absolute atomic E-state index is 0.149. The summed E-state index contributed by atoms with van der Waals surface area (Å²) in [6, 6.07) is -0.754. The Morgan fingerprint density at radius 1 is 1.43 bits per heavy atom. The van der Waals surface area contributed by atoms with Crippen LogP contribution in [0.3, 0.4) is 0 Å². The molecule has 0 aromatic carbocycles. The molecule has 14 heavy (non-hydrogen) atoms. The zero-order valence-corrected chi connectivity index (χ0v) is 8.67. The molecule has 5 nitrogen and oxygen atoms in total. The molecule has 0 saturated heterocycles. The molecule has 5 heteroatoms. The first-order chi connectivity index (χ1) is 6.61. The second-order valence-corrected chi connectivity index (χ2v) is 3.13. The lowest BCUT2D eigenvalue weighted by Crippen LogP contribution is -2.44. The van der Waals surface area contributed by atoms with E-state index >= 15 is 0 Å². The van der Waals surface area contributed by atoms with Crippen molar-refractivity contribution in [3.63, 3.8) is 0 Å². The second kappa shape index (κ2) is 7.32. The molecule has 0 aliphatic heterocycles. The molecule has 82 valence electrons. The molecule has 1 unspecified atom stereocenters. The molecule has 3 N–H and O–H groups in total. The number of nitrogens with one attached hydrogen (secondary N) is 2. The molecule has 0 rings (SSSR count). The number of carboxylic acid groups (broad SMARTS) is 1. The lowest BCUT2D eigenvalue weighted by atomic mass is 10.1. The van der Waals surface area contributed by atoms with Crippen LogP contribution in [0.5, 0.6) is 0 Å². The van der Waals surface area contributed by atoms with Gasteiger partial charge in [-0.3, -0.25) is 4.79 Å². The van der Waals surface area contributed by atoms with Crippen LogP contribution in [-0.2, 0) is 9.59 Å². The lowest BCUT2D eigenvalue weighted by molar-refractivity contribution is -0.141. The van der Waals surface area contributed by atoms with Gasteiger partial charge in [0.15, 0.2) is 0 Å². The van der Waals surface area contributed by atoms with Gasteiger partial charge < -0.3 is 15.7 Å². The van der Waals surface area contributed by atoms with Crippen molar-refractivity contribution >= 4 is 11.9 Å². The number of hydrogen-bond donors (Lipinski definition) is 3. The largest absolute Gasteiger partial charge is 0.480 e. The van der Waals surface area contributed by atoms with E-state index in [9.17, 15) is 9.59 Å². The third-order valence-electron chi connectivity index (χ3n) is 1.82. The van der Waals surface area contributed by atoms with Gasteiger partial charge in [0.25, 0.3) is 0 Å². The van der Waals surface area contributed by atoms with Gasteiger partial charge >= 0.3 is 5.97 Å². The summed E-state index contributed by atoms with van der Waals surface area (Å²) in [7, 11) is 1.64. The number of aliphatic carboxylic acids is 1. The van der Waals surface area contributed by atoms with Crippen LogP contribution in [-0.4, -0.2) is 36.6 Å². The van der Waals surface area contributed by atoms with Gasteiger partial charge in [0, 0.05) is 0 Å². The third-order valence-corrected chi connectivity index (χ3v) is 1.82. The molecule has 0 aliphatic carbocycles. The van der Waals surface area contributed by atoms with Crippen molar-refractivity contribution in [3.8, 4) is 0 Å². The number of carbonyl (C=O) groups excluding carboxylic acids is 1. The molecule has 0 aromatic rings. The van der Waals surface area contributed by atoms with Gasteiger partial charge in [-0.05, 0) is 13.5 Å². The van der Waals surface area contributed by atoms with Crippen LogP contribution in [0.25, 0.3) is 0 Å². The minimum Gasteiger partial charge on any atom is -0.480 e. The van der Waals surface area contributed by atoms with Crippen molar-refractivity contribution in [2.45, 2.75) is 32.2 Å². The smallest absolute Gasteiger partial charge is 0.326 e. The maximum absolute atomic E-state index is 11.1. The number of hydrogen-bond acceptors (Lipinski definition) is 3. The van der Waals surface area contributed by atoms with E-state index in [1.165, 1.54) is 0 Å². The van der Waals surface area contributed by atoms with E-state index < -0.39 is 12.0 Å². The number of unbranched alkanes of at least 4 members (excludes halogenated alkanes) is 1. The Balaban J connectivity index is 3.95. The predicted molar refractivity (Wildman–Crippen MR) is 53.0 cm³/mol. The second-order valence-electron chi connectivity index (χ2n) is 3.13. The minimum atomic E-state index is -0.970. The zero-order chi connectivity index (χ0) is 11.0. The van der Waals surface area contributed by atoms with Crippen LogP contribution in [0.2, 0.25) is 0 Å². The van der Waals surface area contributed by atoms with E-state index in [1.54, 1.807) is 7.05 Å². The van der Waals surface area contributed by atoms with Crippen LogP contribution >= 0.6 is 0 Å². The Hall–Kier alpha value is -1.10. The zero-order valence-electron chi connectivity index (χ0n) is 8.67. The molecule has 0 bridgehead atoms. The Bertz CT molecular complexity index is 194. The SMILES string of the molecule is CCCCC(NC(=O)CNC)C(=O)O. The standard InChI is InChI=1S/C9H18N2O3/c1-3-4-5-7(9(13)14)11-8(12)6-10-2/h7,10H,3-6H2,1-2H3,(H,11,12)(H,13,14). The van der Waals surface area contributed by atoms with Gasteiger partial charge in [-0.1, -0.05) is 19.8 Å². The van der Waals surface area contributed by atoms with Gasteiger partial charge in [0.2, 0.25) is 5.91 Å². The van der Waals surface area contributed by atoms with Gasteiger partial charge in [0.1, 0.15) is 6.04 Å². The summed E-state index contributed by atoms with van der Waals surface area (Å²) in [6.07, 6.45) is 2.21. The number of carbonyl (C=O) groups is 2. The van der Waals surface area contributed by atoms with Gasteiger partial charge in [-0.25, -0.2) is 4.79 Å². The van der Waals surface area contributed by atoms with Crippen LogP contribution in [0.1, 0.15) is 26.2 Å². The first-order valence-corrected chi connectivity index (χ1v) is 4.78. The lowest BCUT2D eigenvalue weighted by Gasteiger charge is -2.13. The summed E-state index contributed by atoms with van der Waals surface area (Å²) in [5.74, 6) is -1.25. The maximum Gasteiger partial charge on any atom is 0.326 e. The number of carboxylic acids is 1. The Labute approximate surface area is 83.9 Å². The van der Waals surface area contributed by atoms with Crippen LogP contribution in [0.4, 0.5) is 0 Å². The molecule has 0 spiro atoms. The van der Waals surface area contributed by atoms with E-state index in [1.807, 2.05) is 6.92 Å².